The van der Waals surface area contributed by atoms with Crippen molar-refractivity contribution in [3.8, 4) is 0 Å². The highest BCUT2D eigenvalue weighted by atomic mass is 35.5. The fourth-order valence-electron chi connectivity index (χ4n) is 1.11. The minimum Gasteiger partial charge on any atom is -0.380 e. The van der Waals surface area contributed by atoms with Crippen molar-refractivity contribution in [2.24, 2.45) is 0 Å². The van der Waals surface area contributed by atoms with Crippen LogP contribution >= 0.6 is 11.6 Å². The Morgan fingerprint density at radius 1 is 1.80 bits per heavy atom. The lowest BCUT2D eigenvalue weighted by atomic mass is 10.2. The summed E-state index contributed by atoms with van der Waals surface area (Å²) in [6.07, 6.45) is 1.13. The van der Waals surface area contributed by atoms with Crippen molar-refractivity contribution in [2.75, 3.05) is 19.1 Å². The summed E-state index contributed by atoms with van der Waals surface area (Å²) in [6.45, 7) is 3.83. The average Bonchev–Trinajstić information content (AvgIpc) is 2.40. The fraction of sp³-hybridized carbons (Fsp3) is 1.00. The zero-order valence-corrected chi connectivity index (χ0v) is 7.03. The largest absolute Gasteiger partial charge is 0.380 e. The maximum Gasteiger partial charge on any atom is 0.0620 e. The number of hydrogen-bond acceptors (Lipinski definition) is 2. The minimum atomic E-state index is 0.411. The quantitative estimate of drug-likeness (QED) is 0.627. The third-order valence-corrected chi connectivity index (χ3v) is 2.14. The molecule has 0 spiro atoms. The summed E-state index contributed by atoms with van der Waals surface area (Å²) in [5.41, 5.74) is 0. The van der Waals surface area contributed by atoms with E-state index in [1.807, 2.05) is 0 Å². The van der Waals surface area contributed by atoms with Gasteiger partial charge in [-0.25, -0.2) is 0 Å². The van der Waals surface area contributed by atoms with Crippen LogP contribution in [0.25, 0.3) is 0 Å². The summed E-state index contributed by atoms with van der Waals surface area (Å²) in [6, 6.07) is 0.946. The predicted molar refractivity (Wildman–Crippen MR) is 42.5 cm³/mol. The number of halogens is 1. The van der Waals surface area contributed by atoms with Gasteiger partial charge in [0.25, 0.3) is 0 Å². The van der Waals surface area contributed by atoms with Crippen LogP contribution in [0.3, 0.4) is 0 Å². The van der Waals surface area contributed by atoms with E-state index in [0.717, 1.165) is 19.6 Å². The number of ether oxygens (including phenoxy) is 1. The first-order valence-corrected chi connectivity index (χ1v) is 4.26. The molecule has 1 heterocycles. The zero-order valence-electron chi connectivity index (χ0n) is 6.27. The Balaban J connectivity index is 2.11. The van der Waals surface area contributed by atoms with Crippen LogP contribution < -0.4 is 5.32 Å². The molecule has 0 aromatic rings. The highest BCUT2D eigenvalue weighted by molar-refractivity contribution is 6.18. The Labute approximate surface area is 66.9 Å². The molecule has 0 aromatic heterocycles. The van der Waals surface area contributed by atoms with E-state index in [0.29, 0.717) is 18.0 Å². The normalized spacial score (nSPS) is 28.8. The van der Waals surface area contributed by atoms with E-state index in [-0.39, 0.29) is 0 Å². The molecular formula is C7H14ClNO. The molecule has 1 saturated heterocycles. The number of nitrogens with one attached hydrogen (secondary N) is 1. The van der Waals surface area contributed by atoms with Gasteiger partial charge in [-0.2, -0.15) is 0 Å². The molecule has 0 amide bonds. The van der Waals surface area contributed by atoms with Crippen molar-refractivity contribution in [1.82, 2.24) is 5.32 Å². The maximum absolute atomic E-state index is 5.63. The van der Waals surface area contributed by atoms with E-state index in [4.69, 9.17) is 16.3 Å². The van der Waals surface area contributed by atoms with Gasteiger partial charge in [0, 0.05) is 24.6 Å². The van der Waals surface area contributed by atoms with Crippen LogP contribution in [0.15, 0.2) is 0 Å². The standard InChI is InChI=1S/C7H14ClNO/c1-6(4-8)9-7-2-3-10-5-7/h6-7,9H,2-5H2,1H3. The van der Waals surface area contributed by atoms with Crippen LogP contribution in [-0.2, 0) is 4.74 Å². The van der Waals surface area contributed by atoms with Crippen LogP contribution in [0.5, 0.6) is 0 Å². The van der Waals surface area contributed by atoms with Gasteiger partial charge in [-0.05, 0) is 13.3 Å². The summed E-state index contributed by atoms with van der Waals surface area (Å²) in [5, 5.41) is 3.37. The van der Waals surface area contributed by atoms with Crippen molar-refractivity contribution >= 4 is 11.6 Å². The maximum atomic E-state index is 5.63. The molecule has 1 N–H and O–H groups in total. The Kier molecular flexibility index (Phi) is 3.46. The van der Waals surface area contributed by atoms with Crippen LogP contribution in [0, 0.1) is 0 Å². The monoisotopic (exact) mass is 163 g/mol. The number of alkyl halides is 1. The molecule has 1 aliphatic rings. The van der Waals surface area contributed by atoms with Gasteiger partial charge < -0.3 is 10.1 Å². The molecule has 1 aliphatic heterocycles. The Hall–Kier alpha value is 0.210. The smallest absolute Gasteiger partial charge is 0.0620 e. The SMILES string of the molecule is CC(CCl)NC1CCOC1. The molecule has 10 heavy (non-hydrogen) atoms. The van der Waals surface area contributed by atoms with Crippen molar-refractivity contribution in [1.29, 1.82) is 0 Å². The molecule has 2 atom stereocenters. The van der Waals surface area contributed by atoms with Gasteiger partial charge in [0.05, 0.1) is 6.61 Å². The molecule has 2 nitrogen and oxygen atoms in total. The molecule has 1 rings (SSSR count). The molecule has 1 fully saturated rings. The minimum absolute atomic E-state index is 0.411. The third-order valence-electron chi connectivity index (χ3n) is 1.68. The van der Waals surface area contributed by atoms with Crippen molar-refractivity contribution < 1.29 is 4.74 Å². The van der Waals surface area contributed by atoms with Gasteiger partial charge in [0.1, 0.15) is 0 Å². The molecule has 0 bridgehead atoms. The topological polar surface area (TPSA) is 21.3 Å². The first-order valence-electron chi connectivity index (χ1n) is 3.72. The van der Waals surface area contributed by atoms with Gasteiger partial charge in [0.15, 0.2) is 0 Å². The zero-order chi connectivity index (χ0) is 7.40. The van der Waals surface area contributed by atoms with Crippen molar-refractivity contribution in [2.45, 2.75) is 25.4 Å². The molecule has 60 valence electrons. The van der Waals surface area contributed by atoms with E-state index in [2.05, 4.69) is 12.2 Å². The average molecular weight is 164 g/mol. The van der Waals surface area contributed by atoms with Gasteiger partial charge in [0.2, 0.25) is 0 Å². The highest BCUT2D eigenvalue weighted by Gasteiger charge is 2.16. The Morgan fingerprint density at radius 3 is 3.10 bits per heavy atom. The lowest BCUT2D eigenvalue weighted by Crippen LogP contribution is -2.37. The first-order chi connectivity index (χ1) is 4.83. The third kappa shape index (κ3) is 2.45. The molecule has 2 unspecified atom stereocenters. The molecule has 0 saturated carbocycles. The molecule has 3 heteroatoms. The highest BCUT2D eigenvalue weighted by Crippen LogP contribution is 2.04. The van der Waals surface area contributed by atoms with Gasteiger partial charge in [-0.3, -0.25) is 0 Å². The van der Waals surface area contributed by atoms with E-state index in [9.17, 15) is 0 Å². The summed E-state index contributed by atoms with van der Waals surface area (Å²) in [4.78, 5) is 0. The van der Waals surface area contributed by atoms with Gasteiger partial charge >= 0.3 is 0 Å². The Bertz CT molecular complexity index is 93.6. The molecule has 0 aliphatic carbocycles. The number of rotatable bonds is 3. The first kappa shape index (κ1) is 8.31. The molecule has 0 aromatic carbocycles. The lowest BCUT2D eigenvalue weighted by Gasteiger charge is -2.14. The van der Waals surface area contributed by atoms with E-state index >= 15 is 0 Å². The van der Waals surface area contributed by atoms with Crippen LogP contribution in [0.1, 0.15) is 13.3 Å². The van der Waals surface area contributed by atoms with E-state index < -0.39 is 0 Å². The summed E-state index contributed by atoms with van der Waals surface area (Å²) in [5.74, 6) is 0.677. The van der Waals surface area contributed by atoms with Crippen LogP contribution in [-0.4, -0.2) is 31.2 Å². The van der Waals surface area contributed by atoms with Crippen LogP contribution in [0.4, 0.5) is 0 Å². The molecule has 0 radical (unpaired) electrons. The predicted octanol–water partition coefficient (Wildman–Crippen LogP) is 0.992. The molecular weight excluding hydrogens is 150 g/mol. The van der Waals surface area contributed by atoms with Gasteiger partial charge in [-0.1, -0.05) is 0 Å². The second kappa shape index (κ2) is 4.16. The van der Waals surface area contributed by atoms with Crippen LogP contribution in [0.2, 0.25) is 0 Å². The van der Waals surface area contributed by atoms with Gasteiger partial charge in [-0.15, -0.1) is 11.6 Å². The lowest BCUT2D eigenvalue weighted by molar-refractivity contribution is 0.188. The van der Waals surface area contributed by atoms with Crippen molar-refractivity contribution in [3.63, 3.8) is 0 Å². The second-order valence-electron chi connectivity index (χ2n) is 2.78. The summed E-state index contributed by atoms with van der Waals surface area (Å²) < 4.78 is 5.20. The summed E-state index contributed by atoms with van der Waals surface area (Å²) >= 11 is 5.63. The number of hydrogen-bond donors (Lipinski definition) is 1. The fourth-order valence-corrected chi connectivity index (χ4v) is 1.20. The van der Waals surface area contributed by atoms with E-state index in [1.54, 1.807) is 0 Å². The second-order valence-corrected chi connectivity index (χ2v) is 3.09. The van der Waals surface area contributed by atoms with E-state index in [1.165, 1.54) is 0 Å². The Morgan fingerprint density at radius 2 is 2.60 bits per heavy atom. The summed E-state index contributed by atoms with van der Waals surface area (Å²) in [7, 11) is 0. The van der Waals surface area contributed by atoms with Crippen molar-refractivity contribution in [3.05, 3.63) is 0 Å².